The maximum Gasteiger partial charge on any atom is 0.258 e. The Morgan fingerprint density at radius 1 is 1.29 bits per heavy atom. The van der Waals surface area contributed by atoms with Crippen LogP contribution in [0.3, 0.4) is 0 Å². The van der Waals surface area contributed by atoms with Crippen LogP contribution in [0.1, 0.15) is 5.56 Å². The van der Waals surface area contributed by atoms with Crippen LogP contribution >= 0.6 is 0 Å². The van der Waals surface area contributed by atoms with Gasteiger partial charge in [-0.15, -0.1) is 0 Å². The smallest absolute Gasteiger partial charge is 0.258 e. The molecule has 0 spiro atoms. The Bertz CT molecular complexity index is 815. The Labute approximate surface area is 120 Å². The fraction of sp³-hybridized carbons (Fsp3) is 0.0667. The van der Waals surface area contributed by atoms with Crippen LogP contribution in [0, 0.1) is 12.4 Å². The third-order valence-electron chi connectivity index (χ3n) is 3.11. The van der Waals surface area contributed by atoms with Crippen LogP contribution in [0.15, 0.2) is 47.1 Å². The predicted molar refractivity (Wildman–Crippen MR) is 76.1 cm³/mol. The normalized spacial score (nSPS) is 10.5. The zero-order valence-electron chi connectivity index (χ0n) is 11.0. The number of rotatable bonds is 3. The number of furan rings is 1. The summed E-state index contributed by atoms with van der Waals surface area (Å²) in [5, 5.41) is 4.28. The van der Waals surface area contributed by atoms with Gasteiger partial charge in [0, 0.05) is 5.56 Å². The van der Waals surface area contributed by atoms with Crippen LogP contribution in [0.2, 0.25) is 0 Å². The zero-order chi connectivity index (χ0) is 14.8. The van der Waals surface area contributed by atoms with E-state index in [2.05, 4.69) is 9.94 Å². The van der Waals surface area contributed by atoms with Gasteiger partial charge in [-0.05, 0) is 18.2 Å². The van der Waals surface area contributed by atoms with Gasteiger partial charge in [0.2, 0.25) is 0 Å². The molecule has 1 aromatic carbocycles. The van der Waals surface area contributed by atoms with Crippen molar-refractivity contribution in [3.05, 3.63) is 65.5 Å². The van der Waals surface area contributed by atoms with E-state index in [0.717, 1.165) is 0 Å². The molecule has 0 radical (unpaired) electrons. The molecule has 5 nitrogen and oxygen atoms in total. The predicted octanol–water partition coefficient (Wildman–Crippen LogP) is 3.46. The minimum atomic E-state index is -0.337. The van der Waals surface area contributed by atoms with Crippen LogP contribution in [-0.2, 0) is 6.54 Å². The van der Waals surface area contributed by atoms with Crippen LogP contribution in [-0.4, -0.2) is 9.78 Å². The summed E-state index contributed by atoms with van der Waals surface area (Å²) >= 11 is 0. The Hall–Kier alpha value is -3.07. The molecule has 0 saturated heterocycles. The average Bonchev–Trinajstić information content (AvgIpc) is 3.10. The lowest BCUT2D eigenvalue weighted by Gasteiger charge is -2.05. The molecule has 3 rings (SSSR count). The van der Waals surface area contributed by atoms with Crippen LogP contribution < -0.4 is 5.73 Å². The molecule has 0 fully saturated rings. The second-order valence-electron chi connectivity index (χ2n) is 4.42. The van der Waals surface area contributed by atoms with Crippen LogP contribution in [0.4, 0.5) is 15.9 Å². The molecule has 0 aliphatic carbocycles. The quantitative estimate of drug-likeness (QED) is 0.748. The largest absolute Gasteiger partial charge is 0.464 e. The summed E-state index contributed by atoms with van der Waals surface area (Å²) in [7, 11) is 0. The molecular weight excluding hydrogens is 271 g/mol. The molecule has 2 N–H and O–H groups in total. The standard InChI is InChI=1S/C15H11FN4O/c1-18-14-13(12-7-4-8-21-12)19-20(15(14)17)9-10-5-2-3-6-11(10)16/h2-8H,9,17H2. The van der Waals surface area contributed by atoms with Gasteiger partial charge in [0.1, 0.15) is 23.1 Å². The Balaban J connectivity index is 2.05. The minimum Gasteiger partial charge on any atom is -0.464 e. The summed E-state index contributed by atoms with van der Waals surface area (Å²) in [6, 6.07) is 9.78. The van der Waals surface area contributed by atoms with Crippen molar-refractivity contribution in [3.8, 4) is 11.5 Å². The summed E-state index contributed by atoms with van der Waals surface area (Å²) in [4.78, 5) is 3.40. The highest BCUT2D eigenvalue weighted by Gasteiger charge is 2.19. The summed E-state index contributed by atoms with van der Waals surface area (Å²) in [6.07, 6.45) is 1.50. The average molecular weight is 282 g/mol. The highest BCUT2D eigenvalue weighted by molar-refractivity contribution is 5.80. The van der Waals surface area contributed by atoms with Crippen molar-refractivity contribution in [2.24, 2.45) is 0 Å². The summed E-state index contributed by atoms with van der Waals surface area (Å²) in [5.41, 5.74) is 6.97. The van der Waals surface area contributed by atoms with Crippen molar-refractivity contribution < 1.29 is 8.81 Å². The number of nitrogens with two attached hydrogens (primary N) is 1. The van der Waals surface area contributed by atoms with Crippen LogP contribution in [0.25, 0.3) is 16.3 Å². The first-order valence-corrected chi connectivity index (χ1v) is 6.21. The number of halogens is 1. The van der Waals surface area contributed by atoms with Gasteiger partial charge >= 0.3 is 0 Å². The molecule has 21 heavy (non-hydrogen) atoms. The molecule has 3 aromatic rings. The summed E-state index contributed by atoms with van der Waals surface area (Å²) < 4.78 is 20.4. The molecular formula is C15H11FN4O. The van der Waals surface area contributed by atoms with Crippen molar-refractivity contribution in [3.63, 3.8) is 0 Å². The molecule has 2 heterocycles. The molecule has 104 valence electrons. The van der Waals surface area contributed by atoms with Gasteiger partial charge in [-0.25, -0.2) is 9.24 Å². The van der Waals surface area contributed by atoms with E-state index in [1.807, 2.05) is 0 Å². The number of aromatic nitrogens is 2. The fourth-order valence-electron chi connectivity index (χ4n) is 2.06. The van der Waals surface area contributed by atoms with E-state index < -0.39 is 0 Å². The van der Waals surface area contributed by atoms with Gasteiger partial charge in [0.05, 0.1) is 19.4 Å². The number of nitrogen functional groups attached to an aromatic ring is 1. The maximum absolute atomic E-state index is 13.7. The first-order valence-electron chi connectivity index (χ1n) is 6.21. The lowest BCUT2D eigenvalue weighted by Crippen LogP contribution is -2.07. The fourth-order valence-corrected chi connectivity index (χ4v) is 2.06. The van der Waals surface area contributed by atoms with Gasteiger partial charge in [-0.1, -0.05) is 18.2 Å². The molecule has 0 aliphatic rings. The third-order valence-corrected chi connectivity index (χ3v) is 3.11. The van der Waals surface area contributed by atoms with Gasteiger partial charge < -0.3 is 10.2 Å². The Kier molecular flexibility index (Phi) is 3.16. The monoisotopic (exact) mass is 282 g/mol. The van der Waals surface area contributed by atoms with E-state index in [-0.39, 0.29) is 23.9 Å². The maximum atomic E-state index is 13.7. The number of anilines is 1. The van der Waals surface area contributed by atoms with Crippen LogP contribution in [0.5, 0.6) is 0 Å². The third kappa shape index (κ3) is 2.25. The lowest BCUT2D eigenvalue weighted by atomic mass is 10.2. The number of benzene rings is 1. The zero-order valence-corrected chi connectivity index (χ0v) is 11.0. The number of hydrogen-bond acceptors (Lipinski definition) is 3. The van der Waals surface area contributed by atoms with E-state index >= 15 is 0 Å². The second-order valence-corrected chi connectivity index (χ2v) is 4.42. The highest BCUT2D eigenvalue weighted by Crippen LogP contribution is 2.35. The van der Waals surface area contributed by atoms with E-state index in [1.54, 1.807) is 30.3 Å². The lowest BCUT2D eigenvalue weighted by molar-refractivity contribution is 0.572. The van der Waals surface area contributed by atoms with E-state index in [4.69, 9.17) is 16.7 Å². The SMILES string of the molecule is [C-]#[N+]c1c(-c2ccco2)nn(Cc2ccccc2F)c1N. The minimum absolute atomic E-state index is 0.154. The highest BCUT2D eigenvalue weighted by atomic mass is 19.1. The topological polar surface area (TPSA) is 61.3 Å². The first kappa shape index (κ1) is 12.9. The second kappa shape index (κ2) is 5.13. The first-order chi connectivity index (χ1) is 10.2. The molecule has 0 bridgehead atoms. The van der Waals surface area contributed by atoms with Gasteiger partial charge in [0.25, 0.3) is 5.69 Å². The number of nitrogens with zero attached hydrogens (tertiary/aromatic N) is 3. The molecule has 0 atom stereocenters. The van der Waals surface area contributed by atoms with E-state index in [1.165, 1.54) is 17.0 Å². The Morgan fingerprint density at radius 3 is 2.76 bits per heavy atom. The van der Waals surface area contributed by atoms with Crippen molar-refractivity contribution in [2.45, 2.75) is 6.54 Å². The van der Waals surface area contributed by atoms with E-state index in [9.17, 15) is 4.39 Å². The Morgan fingerprint density at radius 2 is 2.10 bits per heavy atom. The van der Waals surface area contributed by atoms with Crippen molar-refractivity contribution in [1.29, 1.82) is 0 Å². The number of hydrogen-bond donors (Lipinski definition) is 1. The molecule has 0 unspecified atom stereocenters. The van der Waals surface area contributed by atoms with Gasteiger partial charge in [-0.3, -0.25) is 4.68 Å². The summed E-state index contributed by atoms with van der Waals surface area (Å²) in [6.45, 7) is 7.39. The van der Waals surface area contributed by atoms with Crippen molar-refractivity contribution in [1.82, 2.24) is 9.78 Å². The van der Waals surface area contributed by atoms with Crippen molar-refractivity contribution >= 4 is 11.5 Å². The molecule has 0 amide bonds. The summed E-state index contributed by atoms with van der Waals surface area (Å²) in [5.74, 6) is 0.316. The van der Waals surface area contributed by atoms with Crippen molar-refractivity contribution in [2.75, 3.05) is 5.73 Å². The van der Waals surface area contributed by atoms with Gasteiger partial charge in [-0.2, -0.15) is 5.10 Å². The molecule has 0 aliphatic heterocycles. The molecule has 2 aromatic heterocycles. The molecule has 6 heteroatoms. The molecule has 0 saturated carbocycles. The van der Waals surface area contributed by atoms with Gasteiger partial charge in [0.15, 0.2) is 0 Å². The van der Waals surface area contributed by atoms with E-state index in [0.29, 0.717) is 17.0 Å².